The van der Waals surface area contributed by atoms with Gasteiger partial charge in [0.2, 0.25) is 5.89 Å². The van der Waals surface area contributed by atoms with Crippen molar-refractivity contribution >= 4 is 5.97 Å². The van der Waals surface area contributed by atoms with Crippen LogP contribution >= 0.6 is 0 Å². The van der Waals surface area contributed by atoms with Gasteiger partial charge in [0.25, 0.3) is 0 Å². The Bertz CT molecular complexity index is 342. The van der Waals surface area contributed by atoms with E-state index in [1.165, 1.54) is 25.7 Å². The fraction of sp³-hybridized carbons (Fsp3) is 0.700. The van der Waals surface area contributed by atoms with Crippen LogP contribution in [0.3, 0.4) is 0 Å². The van der Waals surface area contributed by atoms with Crippen molar-refractivity contribution in [1.82, 2.24) is 10.2 Å². The molecule has 1 aromatic heterocycles. The summed E-state index contributed by atoms with van der Waals surface area (Å²) in [5, 5.41) is 15.7. The number of aryl methyl sites for hydroxylation is 1. The standard InChI is InChI=1S/C10H14N2O3/c13-10(14)9-12-11-8(15-9)6-5-7-3-1-2-4-7/h7H,1-6H2,(H,13,14). The summed E-state index contributed by atoms with van der Waals surface area (Å²) in [4.78, 5) is 10.5. The molecule has 82 valence electrons. The van der Waals surface area contributed by atoms with Crippen molar-refractivity contribution in [3.05, 3.63) is 11.8 Å². The first-order chi connectivity index (χ1) is 7.25. The lowest BCUT2D eigenvalue weighted by Gasteiger charge is -2.04. The largest absolute Gasteiger partial charge is 0.474 e. The molecule has 0 saturated heterocycles. The van der Waals surface area contributed by atoms with E-state index in [-0.39, 0.29) is 5.89 Å². The Balaban J connectivity index is 1.84. The fourth-order valence-electron chi connectivity index (χ4n) is 2.07. The summed E-state index contributed by atoms with van der Waals surface area (Å²) < 4.78 is 4.98. The zero-order valence-electron chi connectivity index (χ0n) is 8.48. The minimum atomic E-state index is -1.16. The third-order valence-electron chi connectivity index (χ3n) is 2.89. The highest BCUT2D eigenvalue weighted by Crippen LogP contribution is 2.28. The molecule has 5 heteroatoms. The summed E-state index contributed by atoms with van der Waals surface area (Å²) in [6.07, 6.45) is 6.91. The van der Waals surface area contributed by atoms with Crippen molar-refractivity contribution in [2.45, 2.75) is 38.5 Å². The zero-order valence-corrected chi connectivity index (χ0v) is 8.48. The third kappa shape index (κ3) is 2.55. The number of hydrogen-bond donors (Lipinski definition) is 1. The van der Waals surface area contributed by atoms with Crippen LogP contribution in [0.25, 0.3) is 0 Å². The van der Waals surface area contributed by atoms with Crippen molar-refractivity contribution in [3.63, 3.8) is 0 Å². The second-order valence-corrected chi connectivity index (χ2v) is 4.00. The van der Waals surface area contributed by atoms with Crippen LogP contribution in [-0.2, 0) is 6.42 Å². The van der Waals surface area contributed by atoms with Gasteiger partial charge in [0.05, 0.1) is 0 Å². The first kappa shape index (κ1) is 10.1. The number of carbonyl (C=O) groups is 1. The van der Waals surface area contributed by atoms with Crippen LogP contribution in [-0.4, -0.2) is 21.3 Å². The number of aromatic carboxylic acids is 1. The van der Waals surface area contributed by atoms with E-state index in [9.17, 15) is 4.79 Å². The maximum absolute atomic E-state index is 10.5. The Labute approximate surface area is 87.5 Å². The van der Waals surface area contributed by atoms with Crippen LogP contribution in [0.4, 0.5) is 0 Å². The van der Waals surface area contributed by atoms with E-state index in [0.29, 0.717) is 12.3 Å². The summed E-state index contributed by atoms with van der Waals surface area (Å²) in [6, 6.07) is 0. The predicted octanol–water partition coefficient (Wildman–Crippen LogP) is 1.89. The molecule has 2 rings (SSSR count). The molecule has 0 amide bonds. The van der Waals surface area contributed by atoms with E-state index >= 15 is 0 Å². The number of carboxylic acids is 1. The molecular weight excluding hydrogens is 196 g/mol. The van der Waals surface area contributed by atoms with Crippen molar-refractivity contribution in [2.75, 3.05) is 0 Å². The quantitative estimate of drug-likeness (QED) is 0.821. The first-order valence-electron chi connectivity index (χ1n) is 5.31. The van der Waals surface area contributed by atoms with Gasteiger partial charge in [-0.3, -0.25) is 0 Å². The van der Waals surface area contributed by atoms with Crippen LogP contribution in [0.1, 0.15) is 48.7 Å². The number of aromatic nitrogens is 2. The van der Waals surface area contributed by atoms with Crippen molar-refractivity contribution in [3.8, 4) is 0 Å². The summed E-state index contributed by atoms with van der Waals surface area (Å²) in [6.45, 7) is 0. The van der Waals surface area contributed by atoms with E-state index in [1.807, 2.05) is 0 Å². The summed E-state index contributed by atoms with van der Waals surface area (Å²) in [7, 11) is 0. The van der Waals surface area contributed by atoms with E-state index in [4.69, 9.17) is 9.52 Å². The van der Waals surface area contributed by atoms with Gasteiger partial charge in [0, 0.05) is 6.42 Å². The lowest BCUT2D eigenvalue weighted by Crippen LogP contribution is -1.96. The molecule has 1 aliphatic rings. The van der Waals surface area contributed by atoms with Crippen LogP contribution in [0.2, 0.25) is 0 Å². The number of hydrogen-bond acceptors (Lipinski definition) is 4. The average molecular weight is 210 g/mol. The van der Waals surface area contributed by atoms with Crippen LogP contribution in [0.15, 0.2) is 4.42 Å². The van der Waals surface area contributed by atoms with E-state index in [2.05, 4.69) is 10.2 Å². The van der Waals surface area contributed by atoms with Gasteiger partial charge in [0.1, 0.15) is 0 Å². The molecule has 1 heterocycles. The number of rotatable bonds is 4. The van der Waals surface area contributed by atoms with Crippen molar-refractivity contribution in [2.24, 2.45) is 5.92 Å². The summed E-state index contributed by atoms with van der Waals surface area (Å²) in [5.41, 5.74) is 0. The van der Waals surface area contributed by atoms with Crippen LogP contribution in [0.5, 0.6) is 0 Å². The van der Waals surface area contributed by atoms with Gasteiger partial charge in [-0.1, -0.05) is 25.7 Å². The number of nitrogens with zero attached hydrogens (tertiary/aromatic N) is 2. The topological polar surface area (TPSA) is 76.2 Å². The average Bonchev–Trinajstić information content (AvgIpc) is 2.86. The molecule has 1 N–H and O–H groups in total. The lowest BCUT2D eigenvalue weighted by molar-refractivity contribution is 0.0651. The Hall–Kier alpha value is -1.39. The molecule has 0 unspecified atom stereocenters. The van der Waals surface area contributed by atoms with Gasteiger partial charge < -0.3 is 9.52 Å². The second-order valence-electron chi connectivity index (χ2n) is 4.00. The Kier molecular flexibility index (Phi) is 2.99. The molecule has 1 aliphatic carbocycles. The van der Waals surface area contributed by atoms with Gasteiger partial charge in [0.15, 0.2) is 0 Å². The smallest absolute Gasteiger partial charge is 0.393 e. The third-order valence-corrected chi connectivity index (χ3v) is 2.89. The molecule has 1 saturated carbocycles. The second kappa shape index (κ2) is 4.42. The molecular formula is C10H14N2O3. The van der Waals surface area contributed by atoms with E-state index in [1.54, 1.807) is 0 Å². The molecule has 0 radical (unpaired) electrons. The van der Waals surface area contributed by atoms with Crippen LogP contribution in [0, 0.1) is 5.92 Å². The molecule has 0 bridgehead atoms. The fourth-order valence-corrected chi connectivity index (χ4v) is 2.07. The number of carboxylic acid groups (broad SMARTS) is 1. The molecule has 1 aromatic rings. The Morgan fingerprint density at radius 2 is 2.13 bits per heavy atom. The maximum Gasteiger partial charge on any atom is 0.393 e. The predicted molar refractivity (Wildman–Crippen MR) is 51.5 cm³/mol. The van der Waals surface area contributed by atoms with Gasteiger partial charge >= 0.3 is 11.9 Å². The van der Waals surface area contributed by atoms with Gasteiger partial charge in [-0.05, 0) is 12.3 Å². The summed E-state index contributed by atoms with van der Waals surface area (Å²) >= 11 is 0. The minimum Gasteiger partial charge on any atom is -0.474 e. The monoisotopic (exact) mass is 210 g/mol. The molecule has 15 heavy (non-hydrogen) atoms. The van der Waals surface area contributed by atoms with Crippen molar-refractivity contribution in [1.29, 1.82) is 0 Å². The van der Waals surface area contributed by atoms with Gasteiger partial charge in [-0.25, -0.2) is 4.79 Å². The SMILES string of the molecule is O=C(O)c1nnc(CCC2CCCC2)o1. The molecule has 5 nitrogen and oxygen atoms in total. The molecule has 0 spiro atoms. The maximum atomic E-state index is 10.5. The highest BCUT2D eigenvalue weighted by molar-refractivity contribution is 5.81. The Morgan fingerprint density at radius 1 is 1.40 bits per heavy atom. The van der Waals surface area contributed by atoms with E-state index < -0.39 is 5.97 Å². The van der Waals surface area contributed by atoms with Crippen LogP contribution < -0.4 is 0 Å². The molecule has 1 fully saturated rings. The highest BCUT2D eigenvalue weighted by atomic mass is 16.4. The highest BCUT2D eigenvalue weighted by Gasteiger charge is 2.17. The zero-order chi connectivity index (χ0) is 10.7. The normalized spacial score (nSPS) is 17.1. The minimum absolute atomic E-state index is 0.309. The first-order valence-corrected chi connectivity index (χ1v) is 5.31. The molecule has 0 aliphatic heterocycles. The molecule has 0 atom stereocenters. The van der Waals surface area contributed by atoms with E-state index in [0.717, 1.165) is 12.3 Å². The lowest BCUT2D eigenvalue weighted by atomic mass is 10.0. The Morgan fingerprint density at radius 3 is 2.73 bits per heavy atom. The van der Waals surface area contributed by atoms with Crippen molar-refractivity contribution < 1.29 is 14.3 Å². The molecule has 0 aromatic carbocycles. The summed E-state index contributed by atoms with van der Waals surface area (Å²) in [5.74, 6) is -0.268. The van der Waals surface area contributed by atoms with Gasteiger partial charge in [-0.15, -0.1) is 10.2 Å². The van der Waals surface area contributed by atoms with Gasteiger partial charge in [-0.2, -0.15) is 0 Å².